The van der Waals surface area contributed by atoms with Crippen molar-refractivity contribution in [2.45, 2.75) is 38.8 Å². The molecule has 20 heavy (non-hydrogen) atoms. The van der Waals surface area contributed by atoms with E-state index in [2.05, 4.69) is 5.10 Å². The molecule has 2 rings (SSSR count). The first-order valence-corrected chi connectivity index (χ1v) is 6.99. The molecular formula is C15H18ClFN2O. The lowest BCUT2D eigenvalue weighted by Crippen LogP contribution is -2.15. The molecule has 108 valence electrons. The van der Waals surface area contributed by atoms with Crippen molar-refractivity contribution in [2.75, 3.05) is 0 Å². The Morgan fingerprint density at radius 3 is 2.65 bits per heavy atom. The van der Waals surface area contributed by atoms with Gasteiger partial charge in [-0.15, -0.1) is 0 Å². The zero-order valence-electron chi connectivity index (χ0n) is 11.6. The van der Waals surface area contributed by atoms with E-state index >= 15 is 0 Å². The Morgan fingerprint density at radius 2 is 2.05 bits per heavy atom. The van der Waals surface area contributed by atoms with Crippen molar-refractivity contribution in [2.24, 2.45) is 0 Å². The number of rotatable bonds is 5. The van der Waals surface area contributed by atoms with Gasteiger partial charge in [-0.25, -0.2) is 4.39 Å². The van der Waals surface area contributed by atoms with Crippen molar-refractivity contribution in [3.63, 3.8) is 0 Å². The molecule has 0 saturated carbocycles. The summed E-state index contributed by atoms with van der Waals surface area (Å²) < 4.78 is 14.8. The van der Waals surface area contributed by atoms with Crippen LogP contribution in [0.2, 0.25) is 5.02 Å². The summed E-state index contributed by atoms with van der Waals surface area (Å²) in [5, 5.41) is 14.8. The molecule has 1 heterocycles. The maximum Gasteiger partial charge on any atom is 0.124 e. The Hall–Kier alpha value is -1.39. The molecule has 0 radical (unpaired) electrons. The number of aliphatic hydroxyl groups excluding tert-OH is 1. The van der Waals surface area contributed by atoms with Crippen LogP contribution in [0.25, 0.3) is 0 Å². The molecule has 0 spiro atoms. The number of hydrogen-bond acceptors (Lipinski definition) is 2. The summed E-state index contributed by atoms with van der Waals surface area (Å²) in [6.45, 7) is 4.09. The van der Waals surface area contributed by atoms with E-state index in [4.69, 9.17) is 11.6 Å². The van der Waals surface area contributed by atoms with Crippen LogP contribution < -0.4 is 0 Å². The summed E-state index contributed by atoms with van der Waals surface area (Å²) in [5.41, 5.74) is 1.58. The van der Waals surface area contributed by atoms with Gasteiger partial charge in [0.1, 0.15) is 5.82 Å². The monoisotopic (exact) mass is 296 g/mol. The van der Waals surface area contributed by atoms with Crippen LogP contribution in [0.4, 0.5) is 4.39 Å². The van der Waals surface area contributed by atoms with Crippen molar-refractivity contribution < 1.29 is 9.50 Å². The highest BCUT2D eigenvalue weighted by molar-refractivity contribution is 6.31. The molecule has 1 unspecified atom stereocenters. The second kappa shape index (κ2) is 6.37. The van der Waals surface area contributed by atoms with Gasteiger partial charge in [0, 0.05) is 30.1 Å². The van der Waals surface area contributed by atoms with Crippen molar-refractivity contribution >= 4 is 11.6 Å². The zero-order chi connectivity index (χ0) is 14.7. The topological polar surface area (TPSA) is 38.0 Å². The molecule has 0 fully saturated rings. The Kier molecular flexibility index (Phi) is 4.78. The Bertz CT molecular complexity index is 583. The SMILES string of the molecule is CC(C)n1ccc(CC(O)Cc2ccc(F)cc2Cl)n1. The fourth-order valence-corrected chi connectivity index (χ4v) is 2.27. The number of nitrogens with zero attached hydrogens (tertiary/aromatic N) is 2. The molecule has 0 aliphatic rings. The maximum absolute atomic E-state index is 13.0. The maximum atomic E-state index is 13.0. The highest BCUT2D eigenvalue weighted by Crippen LogP contribution is 2.19. The van der Waals surface area contributed by atoms with Gasteiger partial charge in [-0.3, -0.25) is 4.68 Å². The van der Waals surface area contributed by atoms with Crippen LogP contribution in [-0.4, -0.2) is 21.0 Å². The van der Waals surface area contributed by atoms with Crippen molar-refractivity contribution in [3.8, 4) is 0 Å². The van der Waals surface area contributed by atoms with E-state index in [-0.39, 0.29) is 5.82 Å². The van der Waals surface area contributed by atoms with E-state index in [0.717, 1.165) is 11.3 Å². The van der Waals surface area contributed by atoms with Gasteiger partial charge in [0.05, 0.1) is 11.8 Å². The van der Waals surface area contributed by atoms with E-state index in [1.54, 1.807) is 6.07 Å². The van der Waals surface area contributed by atoms with Gasteiger partial charge in [-0.05, 0) is 37.6 Å². The molecule has 2 aromatic rings. The number of halogens is 2. The van der Waals surface area contributed by atoms with E-state index in [9.17, 15) is 9.50 Å². The second-order valence-electron chi connectivity index (χ2n) is 5.18. The fraction of sp³-hybridized carbons (Fsp3) is 0.400. The molecule has 5 heteroatoms. The predicted octanol–water partition coefficient (Wildman–Crippen LogP) is 3.40. The first-order valence-electron chi connectivity index (χ1n) is 6.61. The molecule has 0 bridgehead atoms. The third-order valence-corrected chi connectivity index (χ3v) is 3.46. The van der Waals surface area contributed by atoms with Gasteiger partial charge in [0.2, 0.25) is 0 Å². The van der Waals surface area contributed by atoms with Crippen molar-refractivity contribution in [1.29, 1.82) is 0 Å². The molecule has 1 atom stereocenters. The smallest absolute Gasteiger partial charge is 0.124 e. The summed E-state index contributed by atoms with van der Waals surface area (Å²) in [5.74, 6) is -0.371. The second-order valence-corrected chi connectivity index (χ2v) is 5.59. The summed E-state index contributed by atoms with van der Waals surface area (Å²) in [6.07, 6.45) is 2.15. The number of aliphatic hydroxyl groups is 1. The molecule has 1 N–H and O–H groups in total. The van der Waals surface area contributed by atoms with Gasteiger partial charge in [-0.2, -0.15) is 5.10 Å². The van der Waals surface area contributed by atoms with E-state index in [1.165, 1.54) is 12.1 Å². The third-order valence-electron chi connectivity index (χ3n) is 3.11. The van der Waals surface area contributed by atoms with E-state index < -0.39 is 6.10 Å². The third kappa shape index (κ3) is 3.81. The minimum Gasteiger partial charge on any atom is -0.392 e. The first-order chi connectivity index (χ1) is 9.45. The highest BCUT2D eigenvalue weighted by Gasteiger charge is 2.12. The van der Waals surface area contributed by atoms with Crippen LogP contribution in [0.1, 0.15) is 31.1 Å². The Balaban J connectivity index is 1.99. The average molecular weight is 297 g/mol. The number of aromatic nitrogens is 2. The highest BCUT2D eigenvalue weighted by atomic mass is 35.5. The Labute approximate surface area is 123 Å². The van der Waals surface area contributed by atoms with Crippen LogP contribution in [-0.2, 0) is 12.8 Å². The number of benzene rings is 1. The molecule has 0 aliphatic carbocycles. The molecule has 0 saturated heterocycles. The lowest BCUT2D eigenvalue weighted by atomic mass is 10.0. The van der Waals surface area contributed by atoms with Gasteiger partial charge >= 0.3 is 0 Å². The summed E-state index contributed by atoms with van der Waals surface area (Å²) in [4.78, 5) is 0. The van der Waals surface area contributed by atoms with Gasteiger partial charge in [0.15, 0.2) is 0 Å². The molecule has 1 aromatic heterocycles. The summed E-state index contributed by atoms with van der Waals surface area (Å²) in [7, 11) is 0. The lowest BCUT2D eigenvalue weighted by molar-refractivity contribution is 0.174. The minimum atomic E-state index is -0.589. The van der Waals surface area contributed by atoms with Crippen LogP contribution in [0.15, 0.2) is 30.5 Å². The zero-order valence-corrected chi connectivity index (χ0v) is 12.3. The first kappa shape index (κ1) is 15.0. The lowest BCUT2D eigenvalue weighted by Gasteiger charge is -2.11. The van der Waals surface area contributed by atoms with Gasteiger partial charge in [-0.1, -0.05) is 17.7 Å². The van der Waals surface area contributed by atoms with Gasteiger partial charge < -0.3 is 5.11 Å². The Morgan fingerprint density at radius 1 is 1.30 bits per heavy atom. The van der Waals surface area contributed by atoms with Gasteiger partial charge in [0.25, 0.3) is 0 Å². The van der Waals surface area contributed by atoms with Crippen LogP contribution in [0.5, 0.6) is 0 Å². The molecule has 0 amide bonds. The fourth-order valence-electron chi connectivity index (χ4n) is 2.03. The standard InChI is InChI=1S/C15H18ClFN2O/c1-10(2)19-6-5-13(18-19)9-14(20)7-11-3-4-12(17)8-15(11)16/h3-6,8,10,14,20H,7,9H2,1-2H3. The average Bonchev–Trinajstić information content (AvgIpc) is 2.81. The van der Waals surface area contributed by atoms with Crippen LogP contribution in [0, 0.1) is 5.82 Å². The minimum absolute atomic E-state index is 0.299. The quantitative estimate of drug-likeness (QED) is 0.918. The normalized spacial score (nSPS) is 12.9. The molecule has 0 aliphatic heterocycles. The van der Waals surface area contributed by atoms with E-state index in [1.807, 2.05) is 30.8 Å². The molecular weight excluding hydrogens is 279 g/mol. The van der Waals surface area contributed by atoms with Crippen molar-refractivity contribution in [3.05, 3.63) is 52.6 Å². The largest absolute Gasteiger partial charge is 0.392 e. The van der Waals surface area contributed by atoms with Crippen LogP contribution in [0.3, 0.4) is 0 Å². The van der Waals surface area contributed by atoms with E-state index in [0.29, 0.717) is 23.9 Å². The predicted molar refractivity (Wildman–Crippen MR) is 77.4 cm³/mol. The van der Waals surface area contributed by atoms with Crippen molar-refractivity contribution in [1.82, 2.24) is 9.78 Å². The molecule has 1 aromatic carbocycles. The molecule has 3 nitrogen and oxygen atoms in total. The summed E-state index contributed by atoms with van der Waals surface area (Å²) >= 11 is 5.95. The van der Waals surface area contributed by atoms with Crippen LogP contribution >= 0.6 is 11.6 Å². The summed E-state index contributed by atoms with van der Waals surface area (Å²) in [6, 6.07) is 6.41. The number of hydrogen-bond donors (Lipinski definition) is 1.